The second-order valence-electron chi connectivity index (χ2n) is 4.10. The van der Waals surface area contributed by atoms with Crippen molar-refractivity contribution in [2.45, 2.75) is 12.7 Å². The van der Waals surface area contributed by atoms with Crippen LogP contribution in [0.3, 0.4) is 0 Å². The van der Waals surface area contributed by atoms with Crippen LogP contribution in [-0.4, -0.2) is 10.4 Å². The van der Waals surface area contributed by atoms with Crippen molar-refractivity contribution in [2.24, 2.45) is 0 Å². The molecule has 1 N–H and O–H groups in total. The lowest BCUT2D eigenvalue weighted by Crippen LogP contribution is -2.04. The maximum absolute atomic E-state index is 14.1. The summed E-state index contributed by atoms with van der Waals surface area (Å²) in [5, 5.41) is 9.96. The van der Waals surface area contributed by atoms with Gasteiger partial charge in [-0.2, -0.15) is 0 Å². The Morgan fingerprint density at radius 1 is 1.11 bits per heavy atom. The first-order valence-electron chi connectivity index (χ1n) is 5.91. The summed E-state index contributed by atoms with van der Waals surface area (Å²) in [5.41, 5.74) is 1.20. The number of ether oxygens (including phenoxy) is 1. The van der Waals surface area contributed by atoms with Crippen LogP contribution in [0.5, 0.6) is 5.75 Å². The Labute approximate surface area is 120 Å². The summed E-state index contributed by atoms with van der Waals surface area (Å²) in [6, 6.07) is 14.3. The molecule has 0 spiro atoms. The first-order chi connectivity index (χ1) is 9.22. The molecule has 1 atom stereocenters. The highest BCUT2D eigenvalue weighted by atomic mass is 79.9. The summed E-state index contributed by atoms with van der Waals surface area (Å²) in [5.74, 6) is -0.355. The minimum Gasteiger partial charge on any atom is -0.486 e. The molecule has 0 heterocycles. The molecule has 100 valence electrons. The van der Waals surface area contributed by atoms with Gasteiger partial charge < -0.3 is 9.84 Å². The van der Waals surface area contributed by atoms with E-state index in [9.17, 15) is 9.50 Å². The average molecular weight is 325 g/mol. The summed E-state index contributed by atoms with van der Waals surface area (Å²) in [6.07, 6.45) is -0.875. The molecule has 0 aliphatic heterocycles. The molecule has 1 unspecified atom stereocenters. The number of halogens is 2. The van der Waals surface area contributed by atoms with Gasteiger partial charge in [-0.1, -0.05) is 58.4 Å². The molecule has 0 saturated carbocycles. The van der Waals surface area contributed by atoms with Gasteiger partial charge in [-0.3, -0.25) is 0 Å². The Kier molecular flexibility index (Phi) is 4.93. The first-order valence-corrected chi connectivity index (χ1v) is 7.03. The van der Waals surface area contributed by atoms with Gasteiger partial charge in [0.05, 0.1) is 6.10 Å². The van der Waals surface area contributed by atoms with Gasteiger partial charge in [-0.15, -0.1) is 0 Å². The van der Waals surface area contributed by atoms with E-state index in [1.54, 1.807) is 18.2 Å². The number of hydrogen-bond donors (Lipinski definition) is 1. The molecular weight excluding hydrogens is 311 g/mol. The minimum absolute atomic E-state index is 0.154. The Hall–Kier alpha value is -1.39. The van der Waals surface area contributed by atoms with Gasteiger partial charge in [-0.25, -0.2) is 4.39 Å². The highest BCUT2D eigenvalue weighted by Crippen LogP contribution is 2.26. The van der Waals surface area contributed by atoms with Crippen molar-refractivity contribution in [3.8, 4) is 5.75 Å². The molecule has 2 aromatic rings. The van der Waals surface area contributed by atoms with Crippen LogP contribution in [0.15, 0.2) is 48.5 Å². The number of aliphatic hydroxyl groups is 1. The summed E-state index contributed by atoms with van der Waals surface area (Å²) in [6.45, 7) is 0.297. The quantitative estimate of drug-likeness (QED) is 0.847. The Morgan fingerprint density at radius 2 is 1.84 bits per heavy atom. The smallest absolute Gasteiger partial charge is 0.170 e. The zero-order valence-electron chi connectivity index (χ0n) is 10.2. The Bertz CT molecular complexity index is 531. The van der Waals surface area contributed by atoms with Crippen molar-refractivity contribution in [2.75, 3.05) is 5.33 Å². The van der Waals surface area contributed by atoms with E-state index in [4.69, 9.17) is 4.74 Å². The fraction of sp³-hybridized carbons (Fsp3) is 0.200. The van der Waals surface area contributed by atoms with Crippen LogP contribution in [0.4, 0.5) is 4.39 Å². The normalized spacial score (nSPS) is 12.2. The lowest BCUT2D eigenvalue weighted by atomic mass is 10.1. The van der Waals surface area contributed by atoms with Gasteiger partial charge in [0.1, 0.15) is 6.61 Å². The van der Waals surface area contributed by atoms with Gasteiger partial charge in [0.15, 0.2) is 11.6 Å². The van der Waals surface area contributed by atoms with Gasteiger partial charge in [0.2, 0.25) is 0 Å². The number of alkyl halides is 1. The number of rotatable bonds is 5. The molecule has 0 amide bonds. The predicted molar refractivity (Wildman–Crippen MR) is 75.9 cm³/mol. The minimum atomic E-state index is -0.875. The maximum atomic E-state index is 14.1. The van der Waals surface area contributed by atoms with E-state index in [0.717, 1.165) is 5.56 Å². The van der Waals surface area contributed by atoms with E-state index in [0.29, 0.717) is 6.61 Å². The van der Waals surface area contributed by atoms with Crippen LogP contribution in [0.25, 0.3) is 0 Å². The molecule has 2 nitrogen and oxygen atoms in total. The average Bonchev–Trinajstić information content (AvgIpc) is 2.46. The number of aliphatic hydroxyl groups excluding tert-OH is 1. The van der Waals surface area contributed by atoms with Crippen LogP contribution in [0, 0.1) is 5.82 Å². The molecule has 0 radical (unpaired) electrons. The summed E-state index contributed by atoms with van der Waals surface area (Å²) < 4.78 is 19.6. The molecule has 2 aromatic carbocycles. The van der Waals surface area contributed by atoms with E-state index in [1.807, 2.05) is 30.3 Å². The van der Waals surface area contributed by atoms with Crippen LogP contribution >= 0.6 is 15.9 Å². The van der Waals surface area contributed by atoms with E-state index < -0.39 is 11.9 Å². The number of hydrogen-bond acceptors (Lipinski definition) is 2. The van der Waals surface area contributed by atoms with Crippen molar-refractivity contribution in [1.82, 2.24) is 0 Å². The molecule has 19 heavy (non-hydrogen) atoms. The zero-order valence-corrected chi connectivity index (χ0v) is 11.8. The molecule has 2 rings (SSSR count). The van der Waals surface area contributed by atoms with Crippen molar-refractivity contribution >= 4 is 15.9 Å². The standard InChI is InChI=1S/C15H14BrFO2/c16-9-13(18)12-7-4-8-14(15(12)17)19-10-11-5-2-1-3-6-11/h1-8,13,18H,9-10H2. The fourth-order valence-electron chi connectivity index (χ4n) is 1.72. The van der Waals surface area contributed by atoms with Crippen LogP contribution < -0.4 is 4.74 Å². The topological polar surface area (TPSA) is 29.5 Å². The van der Waals surface area contributed by atoms with Crippen molar-refractivity contribution in [3.05, 3.63) is 65.5 Å². The third kappa shape index (κ3) is 3.55. The van der Waals surface area contributed by atoms with Gasteiger partial charge in [0.25, 0.3) is 0 Å². The van der Waals surface area contributed by atoms with E-state index in [-0.39, 0.29) is 16.6 Å². The second kappa shape index (κ2) is 6.68. The van der Waals surface area contributed by atoms with Crippen molar-refractivity contribution < 1.29 is 14.2 Å². The lowest BCUT2D eigenvalue weighted by molar-refractivity contribution is 0.197. The first kappa shape index (κ1) is 14.0. The highest BCUT2D eigenvalue weighted by molar-refractivity contribution is 9.09. The van der Waals surface area contributed by atoms with Gasteiger partial charge in [-0.05, 0) is 11.6 Å². The monoisotopic (exact) mass is 324 g/mol. The van der Waals surface area contributed by atoms with Crippen molar-refractivity contribution in [3.63, 3.8) is 0 Å². The molecule has 0 aliphatic carbocycles. The molecule has 0 fully saturated rings. The third-order valence-corrected chi connectivity index (χ3v) is 3.35. The summed E-state index contributed by atoms with van der Waals surface area (Å²) in [4.78, 5) is 0. The number of benzene rings is 2. The fourth-order valence-corrected chi connectivity index (χ4v) is 2.06. The zero-order chi connectivity index (χ0) is 13.7. The Balaban J connectivity index is 2.13. The van der Waals surface area contributed by atoms with E-state index in [2.05, 4.69) is 15.9 Å². The summed E-state index contributed by atoms with van der Waals surface area (Å²) >= 11 is 3.13. The van der Waals surface area contributed by atoms with Crippen molar-refractivity contribution in [1.29, 1.82) is 0 Å². The maximum Gasteiger partial charge on any atom is 0.170 e. The molecular formula is C15H14BrFO2. The van der Waals surface area contributed by atoms with Crippen LogP contribution in [0.2, 0.25) is 0 Å². The molecule has 0 aliphatic rings. The SMILES string of the molecule is OC(CBr)c1cccc(OCc2ccccc2)c1F. The lowest BCUT2D eigenvalue weighted by Gasteiger charge is -2.13. The Morgan fingerprint density at radius 3 is 2.53 bits per heavy atom. The summed E-state index contributed by atoms with van der Waals surface area (Å²) in [7, 11) is 0. The van der Waals surface area contributed by atoms with Gasteiger partial charge in [0, 0.05) is 10.9 Å². The molecule has 0 aromatic heterocycles. The predicted octanol–water partition coefficient (Wildman–Crippen LogP) is 3.83. The molecule has 4 heteroatoms. The van der Waals surface area contributed by atoms with E-state index >= 15 is 0 Å². The van der Waals surface area contributed by atoms with Crippen LogP contribution in [0.1, 0.15) is 17.2 Å². The second-order valence-corrected chi connectivity index (χ2v) is 4.75. The van der Waals surface area contributed by atoms with Crippen LogP contribution in [-0.2, 0) is 6.61 Å². The molecule has 0 saturated heterocycles. The van der Waals surface area contributed by atoms with E-state index in [1.165, 1.54) is 0 Å². The largest absolute Gasteiger partial charge is 0.486 e. The van der Waals surface area contributed by atoms with Gasteiger partial charge >= 0.3 is 0 Å². The third-order valence-electron chi connectivity index (χ3n) is 2.74. The highest BCUT2D eigenvalue weighted by Gasteiger charge is 2.15. The molecule has 0 bridgehead atoms.